The first-order valence-corrected chi connectivity index (χ1v) is 4.80. The van der Waals surface area contributed by atoms with Gasteiger partial charge in [0.1, 0.15) is 0 Å². The molecule has 13 heavy (non-hydrogen) atoms. The fraction of sp³-hybridized carbons (Fsp3) is 0.300. The van der Waals surface area contributed by atoms with Gasteiger partial charge in [-0.1, -0.05) is 30.3 Å². The second kappa shape index (κ2) is 5.04. The number of rotatable bonds is 4. The second-order valence-corrected chi connectivity index (χ2v) is 3.28. The van der Waals surface area contributed by atoms with Gasteiger partial charge in [0.05, 0.1) is 6.04 Å². The SMILES string of the molecule is N[C@H](CS)C(=O)Cc1ccccc1. The average Bonchev–Trinajstić information content (AvgIpc) is 2.18. The molecule has 0 saturated heterocycles. The summed E-state index contributed by atoms with van der Waals surface area (Å²) in [6.07, 6.45) is 0.405. The van der Waals surface area contributed by atoms with E-state index in [1.807, 2.05) is 30.3 Å². The van der Waals surface area contributed by atoms with Crippen LogP contribution in [0.3, 0.4) is 0 Å². The lowest BCUT2D eigenvalue weighted by atomic mass is 10.1. The number of benzene rings is 1. The molecule has 0 radical (unpaired) electrons. The number of hydrogen-bond acceptors (Lipinski definition) is 3. The van der Waals surface area contributed by atoms with Gasteiger partial charge in [0.2, 0.25) is 0 Å². The molecule has 0 aliphatic carbocycles. The molecule has 0 spiro atoms. The van der Waals surface area contributed by atoms with Crippen molar-refractivity contribution in [1.29, 1.82) is 0 Å². The minimum atomic E-state index is -0.441. The van der Waals surface area contributed by atoms with Crippen molar-refractivity contribution in [2.24, 2.45) is 5.73 Å². The number of Topliss-reactive ketones (excluding diaryl/α,β-unsaturated/α-hetero) is 1. The van der Waals surface area contributed by atoms with Crippen LogP contribution in [0.1, 0.15) is 5.56 Å². The van der Waals surface area contributed by atoms with E-state index in [0.29, 0.717) is 12.2 Å². The molecule has 0 heterocycles. The highest BCUT2D eigenvalue weighted by molar-refractivity contribution is 7.80. The summed E-state index contributed by atoms with van der Waals surface area (Å²) in [5, 5.41) is 0. The van der Waals surface area contributed by atoms with E-state index in [4.69, 9.17) is 5.73 Å². The van der Waals surface area contributed by atoms with Gasteiger partial charge in [0, 0.05) is 12.2 Å². The molecule has 1 rings (SSSR count). The maximum Gasteiger partial charge on any atom is 0.154 e. The fourth-order valence-electron chi connectivity index (χ4n) is 1.03. The van der Waals surface area contributed by atoms with Crippen LogP contribution in [0.25, 0.3) is 0 Å². The van der Waals surface area contributed by atoms with E-state index in [0.717, 1.165) is 5.56 Å². The van der Waals surface area contributed by atoms with Gasteiger partial charge in [0.25, 0.3) is 0 Å². The van der Waals surface area contributed by atoms with Crippen molar-refractivity contribution in [3.63, 3.8) is 0 Å². The van der Waals surface area contributed by atoms with Crippen molar-refractivity contribution in [2.45, 2.75) is 12.5 Å². The molecule has 0 saturated carbocycles. The highest BCUT2D eigenvalue weighted by Gasteiger charge is 2.11. The number of nitrogens with two attached hydrogens (primary N) is 1. The molecule has 1 aromatic rings. The summed E-state index contributed by atoms with van der Waals surface area (Å²) in [6.45, 7) is 0. The molecule has 0 amide bonds. The largest absolute Gasteiger partial charge is 0.321 e. The van der Waals surface area contributed by atoms with Crippen LogP contribution in [0, 0.1) is 0 Å². The quantitative estimate of drug-likeness (QED) is 0.705. The summed E-state index contributed by atoms with van der Waals surface area (Å²) in [5.74, 6) is 0.451. The number of hydrogen-bond donors (Lipinski definition) is 2. The summed E-state index contributed by atoms with van der Waals surface area (Å²) in [6, 6.07) is 9.14. The third kappa shape index (κ3) is 3.20. The smallest absolute Gasteiger partial charge is 0.154 e. The first kappa shape index (κ1) is 10.3. The molecule has 0 aliphatic rings. The zero-order valence-corrected chi connectivity index (χ0v) is 8.21. The molecule has 0 aromatic heterocycles. The minimum absolute atomic E-state index is 0.0428. The van der Waals surface area contributed by atoms with Gasteiger partial charge in [0.15, 0.2) is 5.78 Å². The molecule has 70 valence electrons. The molecule has 3 heteroatoms. The molecular formula is C10H13NOS. The molecule has 0 aliphatic heterocycles. The van der Waals surface area contributed by atoms with Crippen molar-refractivity contribution in [1.82, 2.24) is 0 Å². The predicted octanol–water partition coefficient (Wildman–Crippen LogP) is 1.06. The Morgan fingerprint density at radius 2 is 2.00 bits per heavy atom. The molecule has 0 bridgehead atoms. The first-order valence-electron chi connectivity index (χ1n) is 4.17. The lowest BCUT2D eigenvalue weighted by molar-refractivity contribution is -0.119. The molecule has 0 unspecified atom stereocenters. The van der Waals surface area contributed by atoms with Crippen LogP contribution in [-0.4, -0.2) is 17.6 Å². The normalized spacial score (nSPS) is 12.5. The maximum absolute atomic E-state index is 11.4. The minimum Gasteiger partial charge on any atom is -0.321 e. The predicted molar refractivity (Wildman–Crippen MR) is 57.0 cm³/mol. The number of thiol groups is 1. The van der Waals surface area contributed by atoms with Crippen molar-refractivity contribution >= 4 is 18.4 Å². The van der Waals surface area contributed by atoms with E-state index in [2.05, 4.69) is 12.6 Å². The topological polar surface area (TPSA) is 43.1 Å². The van der Waals surface area contributed by atoms with E-state index in [1.54, 1.807) is 0 Å². The highest BCUT2D eigenvalue weighted by Crippen LogP contribution is 2.01. The monoisotopic (exact) mass is 195 g/mol. The second-order valence-electron chi connectivity index (χ2n) is 2.92. The number of carbonyl (C=O) groups excluding carboxylic acids is 1. The number of carbonyl (C=O) groups is 1. The van der Waals surface area contributed by atoms with Gasteiger partial charge < -0.3 is 5.73 Å². The Balaban J connectivity index is 2.55. The molecule has 2 N–H and O–H groups in total. The summed E-state index contributed by atoms with van der Waals surface area (Å²) in [5.41, 5.74) is 6.54. The third-order valence-electron chi connectivity index (χ3n) is 1.83. The Morgan fingerprint density at radius 3 is 2.54 bits per heavy atom. The van der Waals surface area contributed by atoms with Crippen LogP contribution in [0.5, 0.6) is 0 Å². The van der Waals surface area contributed by atoms with Crippen molar-refractivity contribution in [3.8, 4) is 0 Å². The molecule has 1 atom stereocenters. The van der Waals surface area contributed by atoms with Crippen molar-refractivity contribution < 1.29 is 4.79 Å². The number of ketones is 1. The van der Waals surface area contributed by atoms with Crippen LogP contribution < -0.4 is 5.73 Å². The van der Waals surface area contributed by atoms with Gasteiger partial charge in [-0.15, -0.1) is 0 Å². The molecular weight excluding hydrogens is 182 g/mol. The summed E-state index contributed by atoms with van der Waals surface area (Å²) >= 11 is 3.98. The molecule has 2 nitrogen and oxygen atoms in total. The zero-order valence-electron chi connectivity index (χ0n) is 7.31. The van der Waals surface area contributed by atoms with Crippen LogP contribution in [0.4, 0.5) is 0 Å². The van der Waals surface area contributed by atoms with Crippen molar-refractivity contribution in [2.75, 3.05) is 5.75 Å². The van der Waals surface area contributed by atoms with Gasteiger partial charge in [-0.2, -0.15) is 12.6 Å². The summed E-state index contributed by atoms with van der Waals surface area (Å²) in [7, 11) is 0. The highest BCUT2D eigenvalue weighted by atomic mass is 32.1. The van der Waals surface area contributed by atoms with E-state index >= 15 is 0 Å². The van der Waals surface area contributed by atoms with Gasteiger partial charge in [-0.3, -0.25) is 4.79 Å². The fourth-order valence-corrected chi connectivity index (χ4v) is 1.23. The average molecular weight is 195 g/mol. The third-order valence-corrected chi connectivity index (χ3v) is 2.22. The van der Waals surface area contributed by atoms with Crippen LogP contribution in [-0.2, 0) is 11.2 Å². The maximum atomic E-state index is 11.4. The van der Waals surface area contributed by atoms with Crippen molar-refractivity contribution in [3.05, 3.63) is 35.9 Å². The Hall–Kier alpha value is -0.800. The van der Waals surface area contributed by atoms with Crippen LogP contribution >= 0.6 is 12.6 Å². The van der Waals surface area contributed by atoms with Gasteiger partial charge in [-0.25, -0.2) is 0 Å². The van der Waals surface area contributed by atoms with E-state index in [9.17, 15) is 4.79 Å². The van der Waals surface area contributed by atoms with E-state index in [-0.39, 0.29) is 5.78 Å². The van der Waals surface area contributed by atoms with Crippen LogP contribution in [0.15, 0.2) is 30.3 Å². The van der Waals surface area contributed by atoms with Gasteiger partial charge in [-0.05, 0) is 5.56 Å². The Morgan fingerprint density at radius 1 is 1.38 bits per heavy atom. The Labute approximate surface area is 83.5 Å². The lowest BCUT2D eigenvalue weighted by Crippen LogP contribution is -2.33. The van der Waals surface area contributed by atoms with Crippen LogP contribution in [0.2, 0.25) is 0 Å². The van der Waals surface area contributed by atoms with Gasteiger partial charge >= 0.3 is 0 Å². The lowest BCUT2D eigenvalue weighted by Gasteiger charge is -2.06. The zero-order chi connectivity index (χ0) is 9.68. The van der Waals surface area contributed by atoms with E-state index in [1.165, 1.54) is 0 Å². The first-order chi connectivity index (χ1) is 6.24. The Kier molecular flexibility index (Phi) is 3.99. The van der Waals surface area contributed by atoms with E-state index < -0.39 is 6.04 Å². The summed E-state index contributed by atoms with van der Waals surface area (Å²) < 4.78 is 0. The standard InChI is InChI=1S/C10H13NOS/c11-9(7-13)10(12)6-8-4-2-1-3-5-8/h1-5,9,13H,6-7,11H2/t9-/m1/s1. The Bertz CT molecular complexity index is 274. The molecule has 1 aromatic carbocycles. The molecule has 0 fully saturated rings. The summed E-state index contributed by atoms with van der Waals surface area (Å²) in [4.78, 5) is 11.4.